The van der Waals surface area contributed by atoms with Crippen molar-refractivity contribution in [3.05, 3.63) is 35.9 Å². The Labute approximate surface area is 134 Å². The molecule has 118 valence electrons. The summed E-state index contributed by atoms with van der Waals surface area (Å²) in [5.41, 5.74) is 0.0544. The molecule has 1 aromatic rings. The number of hydrogen-bond donors (Lipinski definition) is 0. The summed E-state index contributed by atoms with van der Waals surface area (Å²) in [7, 11) is 0. The van der Waals surface area contributed by atoms with Gasteiger partial charge in [-0.3, -0.25) is 0 Å². The predicted molar refractivity (Wildman–Crippen MR) is 83.0 cm³/mol. The molecule has 1 aromatic carbocycles. The second-order valence-corrected chi connectivity index (χ2v) is 5.64. The van der Waals surface area contributed by atoms with Gasteiger partial charge in [-0.25, -0.2) is 14.4 Å². The molecule has 0 spiro atoms. The van der Waals surface area contributed by atoms with Gasteiger partial charge in [0.15, 0.2) is 6.17 Å². The third kappa shape index (κ3) is 3.77. The third-order valence-corrected chi connectivity index (χ3v) is 4.46. The van der Waals surface area contributed by atoms with E-state index >= 15 is 0 Å². The molecule has 1 fully saturated rings. The van der Waals surface area contributed by atoms with Crippen LogP contribution in [0.1, 0.15) is 31.2 Å². The van der Waals surface area contributed by atoms with Crippen LogP contribution in [0, 0.1) is 5.92 Å². The molecule has 0 saturated heterocycles. The van der Waals surface area contributed by atoms with Crippen molar-refractivity contribution in [2.24, 2.45) is 20.9 Å². The number of hydrogen-bond acceptors (Lipinski definition) is 6. The zero-order valence-corrected chi connectivity index (χ0v) is 12.6. The highest BCUT2D eigenvalue weighted by Gasteiger charge is 2.48. The highest BCUT2D eigenvalue weighted by atomic mass is 16.1. The maximum Gasteiger partial charge on any atom is 0.237 e. The first kappa shape index (κ1) is 16.7. The van der Waals surface area contributed by atoms with Gasteiger partial charge in [0.25, 0.3) is 0 Å². The minimum absolute atomic E-state index is 0.0701. The number of benzene rings is 1. The van der Waals surface area contributed by atoms with Crippen LogP contribution in [0.25, 0.3) is 0 Å². The Kier molecular flexibility index (Phi) is 5.90. The van der Waals surface area contributed by atoms with E-state index in [9.17, 15) is 14.4 Å². The standard InChI is InChI=1S/C17H17N3O3/c21-11-18-16(19-12-22)17(20-13-23)9-5-4-8-15(17)10-14-6-2-1-3-7-14/h1-3,6-7,15-16H,4-5,8-10H2. The summed E-state index contributed by atoms with van der Waals surface area (Å²) in [6.45, 7) is 0. The van der Waals surface area contributed by atoms with Crippen LogP contribution in [0.4, 0.5) is 0 Å². The van der Waals surface area contributed by atoms with Crippen molar-refractivity contribution in [2.45, 2.75) is 43.8 Å². The molecule has 2 atom stereocenters. The molecule has 0 aromatic heterocycles. The van der Waals surface area contributed by atoms with E-state index in [4.69, 9.17) is 0 Å². The lowest BCUT2D eigenvalue weighted by molar-refractivity contribution is 0.160. The van der Waals surface area contributed by atoms with E-state index in [0.717, 1.165) is 24.8 Å². The van der Waals surface area contributed by atoms with Gasteiger partial charge in [-0.05, 0) is 30.7 Å². The van der Waals surface area contributed by atoms with Gasteiger partial charge in [0.1, 0.15) is 5.54 Å². The topological polar surface area (TPSA) is 88.3 Å². The van der Waals surface area contributed by atoms with Crippen molar-refractivity contribution in [1.29, 1.82) is 0 Å². The molecular formula is C17H17N3O3. The summed E-state index contributed by atoms with van der Waals surface area (Å²) in [5.74, 6) is -0.0701. The number of nitrogens with zero attached hydrogens (tertiary/aromatic N) is 3. The largest absolute Gasteiger partial charge is 0.237 e. The third-order valence-electron chi connectivity index (χ3n) is 4.46. The zero-order valence-electron chi connectivity index (χ0n) is 12.6. The van der Waals surface area contributed by atoms with Gasteiger partial charge in [-0.2, -0.15) is 15.0 Å². The smallest absolute Gasteiger partial charge is 0.211 e. The highest BCUT2D eigenvalue weighted by Crippen LogP contribution is 2.42. The van der Waals surface area contributed by atoms with E-state index < -0.39 is 11.7 Å². The fourth-order valence-corrected chi connectivity index (χ4v) is 3.41. The average molecular weight is 311 g/mol. The molecule has 0 radical (unpaired) electrons. The van der Waals surface area contributed by atoms with Crippen LogP contribution < -0.4 is 0 Å². The van der Waals surface area contributed by atoms with Crippen LogP contribution in [0.2, 0.25) is 0 Å². The summed E-state index contributed by atoms with van der Waals surface area (Å²) >= 11 is 0. The second-order valence-electron chi connectivity index (χ2n) is 5.64. The van der Waals surface area contributed by atoms with Crippen LogP contribution >= 0.6 is 0 Å². The van der Waals surface area contributed by atoms with Gasteiger partial charge >= 0.3 is 0 Å². The fourth-order valence-electron chi connectivity index (χ4n) is 3.41. The van der Waals surface area contributed by atoms with Crippen LogP contribution in [0.15, 0.2) is 45.3 Å². The average Bonchev–Trinajstić information content (AvgIpc) is 2.58. The molecule has 0 amide bonds. The normalized spacial score (nSPS) is 24.4. The highest BCUT2D eigenvalue weighted by molar-refractivity contribution is 5.41. The Bertz CT molecular complexity index is 654. The molecule has 0 bridgehead atoms. The van der Waals surface area contributed by atoms with Crippen molar-refractivity contribution in [1.82, 2.24) is 0 Å². The SMILES string of the molecule is O=C=NC(N=C=O)C1(N=C=O)CCCCC1Cc1ccccc1. The molecule has 1 saturated carbocycles. The summed E-state index contributed by atoms with van der Waals surface area (Å²) in [6.07, 6.45) is 7.15. The Morgan fingerprint density at radius 1 is 1.04 bits per heavy atom. The van der Waals surface area contributed by atoms with Crippen molar-refractivity contribution >= 4 is 18.2 Å². The lowest BCUT2D eigenvalue weighted by Gasteiger charge is -2.41. The maximum absolute atomic E-state index is 11.0. The van der Waals surface area contributed by atoms with Crippen molar-refractivity contribution in [2.75, 3.05) is 0 Å². The zero-order chi connectivity index (χ0) is 16.5. The molecule has 6 nitrogen and oxygen atoms in total. The van der Waals surface area contributed by atoms with E-state index in [0.29, 0.717) is 12.8 Å². The van der Waals surface area contributed by atoms with E-state index in [1.165, 1.54) is 12.2 Å². The summed E-state index contributed by atoms with van der Waals surface area (Å²) < 4.78 is 0. The van der Waals surface area contributed by atoms with Crippen molar-refractivity contribution in [3.8, 4) is 0 Å². The van der Waals surface area contributed by atoms with Crippen molar-refractivity contribution < 1.29 is 14.4 Å². The van der Waals surface area contributed by atoms with Crippen LogP contribution in [-0.4, -0.2) is 29.9 Å². The molecule has 0 N–H and O–H groups in total. The molecule has 23 heavy (non-hydrogen) atoms. The van der Waals surface area contributed by atoms with Gasteiger partial charge in [-0.1, -0.05) is 43.2 Å². The molecular weight excluding hydrogens is 294 g/mol. The van der Waals surface area contributed by atoms with Crippen LogP contribution in [-0.2, 0) is 20.8 Å². The lowest BCUT2D eigenvalue weighted by Crippen LogP contribution is -2.48. The van der Waals surface area contributed by atoms with E-state index in [2.05, 4.69) is 15.0 Å². The Hall–Kier alpha value is -2.64. The molecule has 1 aliphatic rings. The van der Waals surface area contributed by atoms with E-state index in [1.54, 1.807) is 6.08 Å². The monoisotopic (exact) mass is 311 g/mol. The fraction of sp³-hybridized carbons (Fsp3) is 0.471. The van der Waals surface area contributed by atoms with Crippen LogP contribution in [0.3, 0.4) is 0 Å². The number of carbonyl (C=O) groups excluding carboxylic acids is 3. The van der Waals surface area contributed by atoms with Gasteiger partial charge in [-0.15, -0.1) is 0 Å². The minimum Gasteiger partial charge on any atom is -0.211 e. The molecule has 1 aliphatic carbocycles. The second kappa shape index (κ2) is 8.11. The van der Waals surface area contributed by atoms with Crippen LogP contribution in [0.5, 0.6) is 0 Å². The molecule has 2 unspecified atom stereocenters. The Balaban J connectivity index is 2.44. The van der Waals surface area contributed by atoms with E-state index in [-0.39, 0.29) is 5.92 Å². The first-order chi connectivity index (χ1) is 11.3. The number of rotatable bonds is 6. The van der Waals surface area contributed by atoms with Gasteiger partial charge in [0, 0.05) is 0 Å². The first-order valence-corrected chi connectivity index (χ1v) is 7.53. The number of aliphatic imine (C=N–C) groups is 3. The summed E-state index contributed by atoms with van der Waals surface area (Å²) in [4.78, 5) is 43.7. The lowest BCUT2D eigenvalue weighted by atomic mass is 9.69. The molecule has 2 rings (SSSR count). The van der Waals surface area contributed by atoms with E-state index in [1.807, 2.05) is 30.3 Å². The van der Waals surface area contributed by atoms with Gasteiger partial charge < -0.3 is 0 Å². The predicted octanol–water partition coefficient (Wildman–Crippen LogP) is 2.49. The molecule has 0 heterocycles. The summed E-state index contributed by atoms with van der Waals surface area (Å²) in [6, 6.07) is 9.79. The first-order valence-electron chi connectivity index (χ1n) is 7.53. The Morgan fingerprint density at radius 3 is 2.35 bits per heavy atom. The van der Waals surface area contributed by atoms with Gasteiger partial charge in [0.05, 0.1) is 0 Å². The minimum atomic E-state index is -1.08. The van der Waals surface area contributed by atoms with Crippen molar-refractivity contribution in [3.63, 3.8) is 0 Å². The molecule has 0 aliphatic heterocycles. The Morgan fingerprint density at radius 2 is 1.74 bits per heavy atom. The molecule has 6 heteroatoms. The summed E-state index contributed by atoms with van der Waals surface area (Å²) in [5, 5.41) is 0. The quantitative estimate of drug-likeness (QED) is 0.597. The maximum atomic E-state index is 11.0. The van der Waals surface area contributed by atoms with Gasteiger partial charge in [0.2, 0.25) is 18.2 Å². The number of isocyanates is 3.